The number of hydrazine groups is 1. The van der Waals surface area contributed by atoms with Crippen molar-refractivity contribution in [2.45, 2.75) is 20.0 Å². The van der Waals surface area contributed by atoms with E-state index in [1.54, 1.807) is 14.2 Å². The Bertz CT molecular complexity index is 1380. The lowest BCUT2D eigenvalue weighted by molar-refractivity contribution is 0.414. The molecule has 8 heteroatoms. The number of aryl methyl sites for hydroxylation is 2. The van der Waals surface area contributed by atoms with E-state index >= 15 is 0 Å². The molecule has 0 amide bonds. The monoisotopic (exact) mass is 454 g/mol. The quantitative estimate of drug-likeness (QED) is 0.401. The SMILES string of the molecule is COc1cccc(C2=NC(c3cc(C)c(-c4nc(-c5cccc(OC)c5)n[nH]4)cc3C)NN2)c1. The first-order valence-corrected chi connectivity index (χ1v) is 11.0. The molecule has 1 aliphatic heterocycles. The predicted octanol–water partition coefficient (Wildman–Crippen LogP) is 4.33. The third-order valence-electron chi connectivity index (χ3n) is 5.90. The molecule has 0 saturated heterocycles. The minimum atomic E-state index is -0.198. The van der Waals surface area contributed by atoms with Crippen LogP contribution in [-0.4, -0.2) is 35.2 Å². The van der Waals surface area contributed by atoms with Crippen molar-refractivity contribution < 1.29 is 9.47 Å². The number of aromatic amines is 1. The number of hydrogen-bond donors (Lipinski definition) is 3. The average molecular weight is 455 g/mol. The number of ether oxygens (including phenoxy) is 2. The molecule has 0 aliphatic carbocycles. The second-order valence-electron chi connectivity index (χ2n) is 8.14. The van der Waals surface area contributed by atoms with Crippen LogP contribution in [0.3, 0.4) is 0 Å². The summed E-state index contributed by atoms with van der Waals surface area (Å²) in [4.78, 5) is 9.59. The van der Waals surface area contributed by atoms with Crippen LogP contribution in [0.4, 0.5) is 0 Å². The first kappa shape index (κ1) is 21.7. The predicted molar refractivity (Wildman–Crippen MR) is 132 cm³/mol. The Morgan fingerprint density at radius 2 is 1.53 bits per heavy atom. The summed E-state index contributed by atoms with van der Waals surface area (Å²) in [5, 5.41) is 7.51. The van der Waals surface area contributed by atoms with Gasteiger partial charge in [0.15, 0.2) is 11.6 Å². The van der Waals surface area contributed by atoms with E-state index in [2.05, 4.69) is 47.0 Å². The first-order chi connectivity index (χ1) is 16.6. The lowest BCUT2D eigenvalue weighted by Gasteiger charge is -2.14. The van der Waals surface area contributed by atoms with Crippen molar-refractivity contribution in [2.24, 2.45) is 4.99 Å². The number of amidine groups is 1. The topological polar surface area (TPSA) is 96.5 Å². The summed E-state index contributed by atoms with van der Waals surface area (Å²) in [5.41, 5.74) is 12.6. The number of benzene rings is 3. The van der Waals surface area contributed by atoms with E-state index in [-0.39, 0.29) is 6.17 Å². The highest BCUT2D eigenvalue weighted by atomic mass is 16.5. The van der Waals surface area contributed by atoms with Gasteiger partial charge in [-0.2, -0.15) is 5.10 Å². The second-order valence-corrected chi connectivity index (χ2v) is 8.14. The molecular formula is C26H26N6O2. The highest BCUT2D eigenvalue weighted by Crippen LogP contribution is 2.30. The van der Waals surface area contributed by atoms with Gasteiger partial charge in [0.05, 0.1) is 14.2 Å². The van der Waals surface area contributed by atoms with E-state index in [0.717, 1.165) is 56.5 Å². The molecule has 0 fully saturated rings. The van der Waals surface area contributed by atoms with Crippen LogP contribution in [0.2, 0.25) is 0 Å². The molecule has 3 aromatic carbocycles. The van der Waals surface area contributed by atoms with E-state index < -0.39 is 0 Å². The van der Waals surface area contributed by atoms with Gasteiger partial charge < -0.3 is 14.9 Å². The van der Waals surface area contributed by atoms with Gasteiger partial charge in [0.2, 0.25) is 0 Å². The highest BCUT2D eigenvalue weighted by molar-refractivity contribution is 5.99. The van der Waals surface area contributed by atoms with E-state index in [0.29, 0.717) is 5.82 Å². The van der Waals surface area contributed by atoms with Crippen molar-refractivity contribution in [1.29, 1.82) is 0 Å². The standard InChI is InChI=1S/C26H26N6O2/c1-15-11-22(26-28-24(30-32-26)18-8-6-10-20(14-18)34-4)16(2)12-21(15)25-27-23(29-31-25)17-7-5-9-19(13-17)33-3/h5-14,25,31H,1-4H3,(H,27,29)(H,28,30,32). The van der Waals surface area contributed by atoms with Gasteiger partial charge in [0.25, 0.3) is 0 Å². The zero-order valence-corrected chi connectivity index (χ0v) is 19.5. The average Bonchev–Trinajstić information content (AvgIpc) is 3.56. The van der Waals surface area contributed by atoms with Crippen LogP contribution in [0.5, 0.6) is 11.5 Å². The fourth-order valence-corrected chi connectivity index (χ4v) is 4.06. The number of aromatic nitrogens is 3. The number of hydrogen-bond acceptors (Lipinski definition) is 7. The molecule has 0 bridgehead atoms. The van der Waals surface area contributed by atoms with Gasteiger partial charge in [0.1, 0.15) is 23.5 Å². The molecule has 8 nitrogen and oxygen atoms in total. The summed E-state index contributed by atoms with van der Waals surface area (Å²) in [6.07, 6.45) is -0.198. The van der Waals surface area contributed by atoms with Crippen LogP contribution in [0, 0.1) is 13.8 Å². The highest BCUT2D eigenvalue weighted by Gasteiger charge is 2.22. The van der Waals surface area contributed by atoms with Crippen molar-refractivity contribution >= 4 is 5.84 Å². The number of aliphatic imine (C=N–C) groups is 1. The Labute approximate surface area is 198 Å². The molecule has 1 aromatic heterocycles. The largest absolute Gasteiger partial charge is 0.497 e. The molecule has 0 radical (unpaired) electrons. The van der Waals surface area contributed by atoms with Crippen LogP contribution >= 0.6 is 0 Å². The molecule has 1 unspecified atom stereocenters. The number of nitrogens with one attached hydrogen (secondary N) is 3. The van der Waals surface area contributed by atoms with Crippen molar-refractivity contribution in [2.75, 3.05) is 14.2 Å². The first-order valence-electron chi connectivity index (χ1n) is 11.0. The molecule has 1 aliphatic rings. The van der Waals surface area contributed by atoms with E-state index in [1.165, 1.54) is 0 Å². The lowest BCUT2D eigenvalue weighted by Crippen LogP contribution is -2.32. The summed E-state index contributed by atoms with van der Waals surface area (Å²) >= 11 is 0. The summed E-state index contributed by atoms with van der Waals surface area (Å²) in [6, 6.07) is 19.8. The van der Waals surface area contributed by atoms with Gasteiger partial charge in [0, 0.05) is 16.7 Å². The van der Waals surface area contributed by atoms with Crippen molar-refractivity contribution in [3.05, 3.63) is 82.9 Å². The Balaban J connectivity index is 1.42. The van der Waals surface area contributed by atoms with Gasteiger partial charge in [-0.1, -0.05) is 30.3 Å². The van der Waals surface area contributed by atoms with Crippen molar-refractivity contribution in [1.82, 2.24) is 26.0 Å². The van der Waals surface area contributed by atoms with Gasteiger partial charge >= 0.3 is 0 Å². The molecule has 3 N–H and O–H groups in total. The Morgan fingerprint density at radius 1 is 0.824 bits per heavy atom. The van der Waals surface area contributed by atoms with Gasteiger partial charge in [-0.3, -0.25) is 5.10 Å². The van der Waals surface area contributed by atoms with Crippen LogP contribution in [0.25, 0.3) is 22.8 Å². The molecule has 0 spiro atoms. The molecule has 2 heterocycles. The molecule has 172 valence electrons. The minimum absolute atomic E-state index is 0.198. The van der Waals surface area contributed by atoms with Crippen molar-refractivity contribution in [3.8, 4) is 34.3 Å². The lowest BCUT2D eigenvalue weighted by atomic mass is 9.98. The third kappa shape index (κ3) is 4.11. The Morgan fingerprint density at radius 3 is 2.26 bits per heavy atom. The Hall–Kier alpha value is -4.17. The number of methoxy groups -OCH3 is 2. The second kappa shape index (κ2) is 8.99. The summed E-state index contributed by atoms with van der Waals surface area (Å²) < 4.78 is 10.7. The van der Waals surface area contributed by atoms with E-state index in [1.807, 2.05) is 48.5 Å². The zero-order valence-electron chi connectivity index (χ0n) is 19.5. The molecular weight excluding hydrogens is 428 g/mol. The van der Waals surface area contributed by atoms with Gasteiger partial charge in [-0.15, -0.1) is 0 Å². The van der Waals surface area contributed by atoms with E-state index in [4.69, 9.17) is 19.5 Å². The number of rotatable bonds is 6. The Kier molecular flexibility index (Phi) is 5.73. The van der Waals surface area contributed by atoms with E-state index in [9.17, 15) is 0 Å². The summed E-state index contributed by atoms with van der Waals surface area (Å²) in [6.45, 7) is 4.15. The fourth-order valence-electron chi connectivity index (χ4n) is 4.06. The fraction of sp³-hybridized carbons (Fsp3) is 0.192. The normalized spacial score (nSPS) is 15.1. The maximum absolute atomic E-state index is 5.33. The zero-order chi connectivity index (χ0) is 23.7. The number of H-pyrrole nitrogens is 1. The number of nitrogens with zero attached hydrogens (tertiary/aromatic N) is 3. The minimum Gasteiger partial charge on any atom is -0.497 e. The van der Waals surface area contributed by atoms with Crippen LogP contribution in [-0.2, 0) is 0 Å². The van der Waals surface area contributed by atoms with Gasteiger partial charge in [-0.05, 0) is 60.9 Å². The van der Waals surface area contributed by atoms with Crippen LogP contribution in [0.15, 0.2) is 65.7 Å². The van der Waals surface area contributed by atoms with Crippen LogP contribution in [0.1, 0.15) is 28.4 Å². The molecule has 5 rings (SSSR count). The summed E-state index contributed by atoms with van der Waals surface area (Å²) in [5.74, 6) is 3.70. The van der Waals surface area contributed by atoms with Gasteiger partial charge in [-0.25, -0.2) is 15.4 Å². The molecule has 4 aromatic rings. The third-order valence-corrected chi connectivity index (χ3v) is 5.90. The maximum atomic E-state index is 5.33. The van der Waals surface area contributed by atoms with Crippen LogP contribution < -0.4 is 20.3 Å². The molecule has 34 heavy (non-hydrogen) atoms. The smallest absolute Gasteiger partial charge is 0.181 e. The molecule has 1 atom stereocenters. The molecule has 0 saturated carbocycles. The van der Waals surface area contributed by atoms with Crippen molar-refractivity contribution in [3.63, 3.8) is 0 Å². The maximum Gasteiger partial charge on any atom is 0.181 e. The summed E-state index contributed by atoms with van der Waals surface area (Å²) in [7, 11) is 3.31.